The lowest BCUT2D eigenvalue weighted by molar-refractivity contribution is 0.187. The maximum Gasteiger partial charge on any atom is 0.0866 e. The van der Waals surface area contributed by atoms with E-state index in [-0.39, 0.29) is 6.61 Å². The molecule has 2 heterocycles. The van der Waals surface area contributed by atoms with Crippen LogP contribution in [0.4, 0.5) is 0 Å². The van der Waals surface area contributed by atoms with Gasteiger partial charge in [0.15, 0.2) is 0 Å². The molecule has 1 aromatic heterocycles. The van der Waals surface area contributed by atoms with Gasteiger partial charge in [0.1, 0.15) is 0 Å². The van der Waals surface area contributed by atoms with E-state index in [9.17, 15) is 0 Å². The SMILES string of the molecule is N#CCN1CC(NCCCO)CC(c2cccs2)C1. The molecule has 104 valence electrons. The molecule has 1 aliphatic rings. The molecule has 0 radical (unpaired) electrons. The Hall–Kier alpha value is -0.930. The fourth-order valence-corrected chi connectivity index (χ4v) is 3.52. The van der Waals surface area contributed by atoms with E-state index in [4.69, 9.17) is 10.4 Å². The first-order chi connectivity index (χ1) is 9.33. The summed E-state index contributed by atoms with van der Waals surface area (Å²) in [6.07, 6.45) is 1.91. The van der Waals surface area contributed by atoms with E-state index in [2.05, 4.69) is 33.8 Å². The monoisotopic (exact) mass is 279 g/mol. The van der Waals surface area contributed by atoms with Gasteiger partial charge in [-0.15, -0.1) is 11.3 Å². The minimum absolute atomic E-state index is 0.232. The lowest BCUT2D eigenvalue weighted by Crippen LogP contribution is -2.48. The number of aliphatic hydroxyl groups is 1. The maximum absolute atomic E-state index is 8.89. The average molecular weight is 279 g/mol. The minimum Gasteiger partial charge on any atom is -0.396 e. The number of thiophene rings is 1. The van der Waals surface area contributed by atoms with Crippen LogP contribution in [0, 0.1) is 11.3 Å². The number of hydrogen-bond donors (Lipinski definition) is 2. The van der Waals surface area contributed by atoms with Gasteiger partial charge in [-0.2, -0.15) is 5.26 Å². The number of nitrogens with zero attached hydrogens (tertiary/aromatic N) is 2. The molecule has 0 saturated carbocycles. The second-order valence-corrected chi connectivity index (χ2v) is 6.01. The molecule has 0 bridgehead atoms. The summed E-state index contributed by atoms with van der Waals surface area (Å²) in [5.74, 6) is 0.522. The van der Waals surface area contributed by atoms with Crippen LogP contribution in [-0.4, -0.2) is 48.8 Å². The molecule has 5 heteroatoms. The Balaban J connectivity index is 1.94. The van der Waals surface area contributed by atoms with E-state index < -0.39 is 0 Å². The molecule has 1 aliphatic heterocycles. The van der Waals surface area contributed by atoms with Crippen molar-refractivity contribution in [1.29, 1.82) is 5.26 Å². The zero-order valence-corrected chi connectivity index (χ0v) is 11.9. The Morgan fingerprint density at radius 3 is 3.11 bits per heavy atom. The summed E-state index contributed by atoms with van der Waals surface area (Å²) in [6.45, 7) is 3.49. The summed E-state index contributed by atoms with van der Waals surface area (Å²) in [5.41, 5.74) is 0. The van der Waals surface area contributed by atoms with Crippen LogP contribution >= 0.6 is 11.3 Å². The first-order valence-electron chi connectivity index (χ1n) is 6.80. The predicted octanol–water partition coefficient (Wildman–Crippen LogP) is 1.40. The van der Waals surface area contributed by atoms with Crippen molar-refractivity contribution in [3.8, 4) is 6.07 Å². The molecule has 1 saturated heterocycles. The highest BCUT2D eigenvalue weighted by molar-refractivity contribution is 7.10. The van der Waals surface area contributed by atoms with Crippen LogP contribution in [0.25, 0.3) is 0 Å². The summed E-state index contributed by atoms with van der Waals surface area (Å²) in [7, 11) is 0. The van der Waals surface area contributed by atoms with Crippen molar-refractivity contribution in [2.45, 2.75) is 24.8 Å². The number of nitriles is 1. The lowest BCUT2D eigenvalue weighted by atomic mass is 9.92. The molecule has 0 spiro atoms. The van der Waals surface area contributed by atoms with Gasteiger partial charge in [0.25, 0.3) is 0 Å². The summed E-state index contributed by atoms with van der Waals surface area (Å²) in [5, 5.41) is 23.3. The zero-order valence-electron chi connectivity index (χ0n) is 11.1. The molecular formula is C14H21N3OS. The zero-order chi connectivity index (χ0) is 13.5. The molecule has 0 amide bonds. The van der Waals surface area contributed by atoms with Crippen LogP contribution in [-0.2, 0) is 0 Å². The molecule has 19 heavy (non-hydrogen) atoms. The highest BCUT2D eigenvalue weighted by Gasteiger charge is 2.28. The molecule has 1 aromatic rings. The third kappa shape index (κ3) is 4.29. The van der Waals surface area contributed by atoms with Crippen molar-refractivity contribution in [1.82, 2.24) is 10.2 Å². The number of aliphatic hydroxyl groups excluding tert-OH is 1. The van der Waals surface area contributed by atoms with Crippen molar-refractivity contribution >= 4 is 11.3 Å². The highest BCUT2D eigenvalue weighted by atomic mass is 32.1. The van der Waals surface area contributed by atoms with E-state index >= 15 is 0 Å². The summed E-state index contributed by atoms with van der Waals surface area (Å²) in [4.78, 5) is 3.64. The van der Waals surface area contributed by atoms with Gasteiger partial charge in [0, 0.05) is 36.5 Å². The van der Waals surface area contributed by atoms with Gasteiger partial charge in [0.2, 0.25) is 0 Å². The predicted molar refractivity (Wildman–Crippen MR) is 77.2 cm³/mol. The Morgan fingerprint density at radius 1 is 1.53 bits per heavy atom. The van der Waals surface area contributed by atoms with Crippen LogP contribution < -0.4 is 5.32 Å². The average Bonchev–Trinajstić information content (AvgIpc) is 2.93. The maximum atomic E-state index is 8.89. The Labute approximate surface area is 118 Å². The highest BCUT2D eigenvalue weighted by Crippen LogP contribution is 2.30. The second-order valence-electron chi connectivity index (χ2n) is 5.03. The standard InChI is InChI=1S/C14H21N3OS/c15-4-6-17-10-12(14-3-1-8-19-14)9-13(11-17)16-5-2-7-18/h1,3,8,12-13,16,18H,2,5-7,9-11H2. The lowest BCUT2D eigenvalue weighted by Gasteiger charge is -2.36. The largest absolute Gasteiger partial charge is 0.396 e. The van der Waals surface area contributed by atoms with Gasteiger partial charge in [-0.3, -0.25) is 4.90 Å². The van der Waals surface area contributed by atoms with Crippen LogP contribution in [0.5, 0.6) is 0 Å². The number of likely N-dealkylation sites (tertiary alicyclic amines) is 1. The molecule has 0 aromatic carbocycles. The van der Waals surface area contributed by atoms with E-state index in [0.717, 1.165) is 32.5 Å². The Kier molecular flexibility index (Phi) is 5.80. The molecule has 2 atom stereocenters. The molecule has 2 unspecified atom stereocenters. The topological polar surface area (TPSA) is 59.3 Å². The van der Waals surface area contributed by atoms with E-state index in [1.807, 2.05) is 0 Å². The van der Waals surface area contributed by atoms with Gasteiger partial charge in [-0.05, 0) is 30.8 Å². The fourth-order valence-electron chi connectivity index (χ4n) is 2.68. The second kappa shape index (κ2) is 7.61. The number of piperidine rings is 1. The van der Waals surface area contributed by atoms with Crippen LogP contribution in [0.15, 0.2) is 17.5 Å². The number of rotatable bonds is 6. The van der Waals surface area contributed by atoms with Crippen molar-refractivity contribution in [2.75, 3.05) is 32.8 Å². The van der Waals surface area contributed by atoms with Gasteiger partial charge < -0.3 is 10.4 Å². The molecule has 2 N–H and O–H groups in total. The summed E-state index contributed by atoms with van der Waals surface area (Å²) in [6, 6.07) is 6.96. The molecule has 1 fully saturated rings. The van der Waals surface area contributed by atoms with E-state index in [1.54, 1.807) is 11.3 Å². The van der Waals surface area contributed by atoms with Gasteiger partial charge in [-0.1, -0.05) is 6.07 Å². The summed E-state index contributed by atoms with van der Waals surface area (Å²) < 4.78 is 0. The smallest absolute Gasteiger partial charge is 0.0866 e. The molecule has 4 nitrogen and oxygen atoms in total. The quantitative estimate of drug-likeness (QED) is 0.610. The van der Waals surface area contributed by atoms with E-state index in [1.165, 1.54) is 4.88 Å². The van der Waals surface area contributed by atoms with Crippen molar-refractivity contribution in [3.05, 3.63) is 22.4 Å². The third-order valence-electron chi connectivity index (χ3n) is 3.53. The van der Waals surface area contributed by atoms with Crippen molar-refractivity contribution in [3.63, 3.8) is 0 Å². The Bertz CT molecular complexity index is 401. The van der Waals surface area contributed by atoms with Crippen LogP contribution in [0.2, 0.25) is 0 Å². The van der Waals surface area contributed by atoms with Crippen LogP contribution in [0.1, 0.15) is 23.6 Å². The first kappa shape index (κ1) is 14.5. The fraction of sp³-hybridized carbons (Fsp3) is 0.643. The van der Waals surface area contributed by atoms with E-state index in [0.29, 0.717) is 18.5 Å². The van der Waals surface area contributed by atoms with Crippen LogP contribution in [0.3, 0.4) is 0 Å². The third-order valence-corrected chi connectivity index (χ3v) is 4.57. The molecule has 2 rings (SSSR count). The molecule has 0 aliphatic carbocycles. The number of nitrogens with one attached hydrogen (secondary N) is 1. The Morgan fingerprint density at radius 2 is 2.42 bits per heavy atom. The number of hydrogen-bond acceptors (Lipinski definition) is 5. The van der Waals surface area contributed by atoms with Crippen molar-refractivity contribution < 1.29 is 5.11 Å². The first-order valence-corrected chi connectivity index (χ1v) is 7.68. The van der Waals surface area contributed by atoms with Gasteiger partial charge >= 0.3 is 0 Å². The molecular weight excluding hydrogens is 258 g/mol. The summed E-state index contributed by atoms with van der Waals surface area (Å²) >= 11 is 1.80. The van der Waals surface area contributed by atoms with Crippen molar-refractivity contribution in [2.24, 2.45) is 0 Å². The van der Waals surface area contributed by atoms with Gasteiger partial charge in [0.05, 0.1) is 12.6 Å². The minimum atomic E-state index is 0.232. The normalized spacial score (nSPS) is 24.2. The van der Waals surface area contributed by atoms with Gasteiger partial charge in [-0.25, -0.2) is 0 Å².